The largest absolute Gasteiger partial charge is 0.397 e. The van der Waals surface area contributed by atoms with Crippen LogP contribution in [-0.2, 0) is 0 Å². The number of nitrogens with two attached hydrogens (primary N) is 1. The minimum atomic E-state index is -0.154. The molecule has 0 atom stereocenters. The average Bonchev–Trinajstić information content (AvgIpc) is 2.55. The van der Waals surface area contributed by atoms with Gasteiger partial charge >= 0.3 is 0 Å². The smallest absolute Gasteiger partial charge is 0.263 e. The molecule has 1 aromatic heterocycles. The molecule has 0 radical (unpaired) electrons. The highest BCUT2D eigenvalue weighted by Gasteiger charge is 2.12. The quantitative estimate of drug-likeness (QED) is 0.657. The van der Waals surface area contributed by atoms with E-state index in [1.807, 2.05) is 0 Å². The van der Waals surface area contributed by atoms with Crippen LogP contribution in [0, 0.1) is 0 Å². The molecule has 0 aliphatic heterocycles. The molecule has 0 fully saturated rings. The number of carbonyl (C=O) groups is 1. The van der Waals surface area contributed by atoms with Crippen molar-refractivity contribution in [3.05, 3.63) is 23.6 Å². The number of nitrogens with one attached hydrogen (secondary N) is 2. The summed E-state index contributed by atoms with van der Waals surface area (Å²) in [5.74, 6) is -0.154. The molecule has 1 rings (SSSR count). The summed E-state index contributed by atoms with van der Waals surface area (Å²) in [6, 6.07) is 1.75. The van der Waals surface area contributed by atoms with Crippen LogP contribution in [0.15, 0.2) is 18.7 Å². The van der Waals surface area contributed by atoms with Crippen LogP contribution in [0.2, 0.25) is 0 Å². The molecule has 0 aromatic carbocycles. The van der Waals surface area contributed by atoms with Gasteiger partial charge in [0.25, 0.3) is 5.91 Å². The first kappa shape index (κ1) is 10.6. The predicted octanol–water partition coefficient (Wildman–Crippen LogP) is 1.29. The van der Waals surface area contributed by atoms with Gasteiger partial charge in [-0.2, -0.15) is 0 Å². The molecular formula is C9H13N3OS. The van der Waals surface area contributed by atoms with E-state index in [2.05, 4.69) is 17.2 Å². The Morgan fingerprint density at radius 2 is 2.50 bits per heavy atom. The molecule has 0 unspecified atom stereocenters. The van der Waals surface area contributed by atoms with E-state index in [-0.39, 0.29) is 5.91 Å². The van der Waals surface area contributed by atoms with Crippen molar-refractivity contribution >= 4 is 27.9 Å². The summed E-state index contributed by atoms with van der Waals surface area (Å²) < 4.78 is 0. The van der Waals surface area contributed by atoms with Crippen LogP contribution in [-0.4, -0.2) is 19.5 Å². The van der Waals surface area contributed by atoms with Crippen molar-refractivity contribution in [3.63, 3.8) is 0 Å². The fourth-order valence-electron chi connectivity index (χ4n) is 0.956. The maximum absolute atomic E-state index is 11.3. The van der Waals surface area contributed by atoms with E-state index >= 15 is 0 Å². The lowest BCUT2D eigenvalue weighted by molar-refractivity contribution is 0.0968. The van der Waals surface area contributed by atoms with Gasteiger partial charge in [0.15, 0.2) is 0 Å². The lowest BCUT2D eigenvalue weighted by Gasteiger charge is -1.96. The summed E-state index contributed by atoms with van der Waals surface area (Å²) in [4.78, 5) is 11.8. The Balaban J connectivity index is 2.81. The summed E-state index contributed by atoms with van der Waals surface area (Å²) in [6.45, 7) is 4.25. The van der Waals surface area contributed by atoms with Gasteiger partial charge in [-0.05, 0) is 6.07 Å². The second kappa shape index (κ2) is 4.66. The van der Waals surface area contributed by atoms with Crippen LogP contribution in [0.1, 0.15) is 9.67 Å². The molecule has 76 valence electrons. The topological polar surface area (TPSA) is 67.1 Å². The highest BCUT2D eigenvalue weighted by molar-refractivity contribution is 7.18. The Bertz CT molecular complexity index is 346. The van der Waals surface area contributed by atoms with E-state index in [0.29, 0.717) is 17.1 Å². The van der Waals surface area contributed by atoms with E-state index in [1.54, 1.807) is 19.2 Å². The summed E-state index contributed by atoms with van der Waals surface area (Å²) in [5.41, 5.74) is 6.17. The third kappa shape index (κ3) is 2.26. The van der Waals surface area contributed by atoms with Crippen molar-refractivity contribution in [2.45, 2.75) is 0 Å². The molecule has 4 nitrogen and oxygen atoms in total. The van der Waals surface area contributed by atoms with Gasteiger partial charge in [-0.3, -0.25) is 4.79 Å². The molecule has 0 saturated carbocycles. The number of thiophene rings is 1. The van der Waals surface area contributed by atoms with Crippen molar-refractivity contribution < 1.29 is 4.79 Å². The van der Waals surface area contributed by atoms with Crippen LogP contribution < -0.4 is 16.4 Å². The summed E-state index contributed by atoms with van der Waals surface area (Å²) in [7, 11) is 1.58. The molecular weight excluding hydrogens is 198 g/mol. The van der Waals surface area contributed by atoms with Crippen molar-refractivity contribution in [1.29, 1.82) is 0 Å². The molecule has 4 N–H and O–H groups in total. The third-order valence-corrected chi connectivity index (χ3v) is 2.72. The van der Waals surface area contributed by atoms with E-state index < -0.39 is 0 Å². The lowest BCUT2D eigenvalue weighted by Crippen LogP contribution is -2.17. The monoisotopic (exact) mass is 211 g/mol. The average molecular weight is 211 g/mol. The van der Waals surface area contributed by atoms with Gasteiger partial charge in [-0.15, -0.1) is 17.9 Å². The molecule has 0 aliphatic carbocycles. The van der Waals surface area contributed by atoms with Crippen LogP contribution in [0.25, 0.3) is 0 Å². The van der Waals surface area contributed by atoms with Crippen LogP contribution in [0.5, 0.6) is 0 Å². The fourth-order valence-corrected chi connectivity index (χ4v) is 1.89. The number of rotatable bonds is 4. The van der Waals surface area contributed by atoms with Gasteiger partial charge in [-0.25, -0.2) is 0 Å². The molecule has 5 heteroatoms. The predicted molar refractivity (Wildman–Crippen MR) is 60.8 cm³/mol. The summed E-state index contributed by atoms with van der Waals surface area (Å²) in [6.07, 6.45) is 1.75. The maximum atomic E-state index is 11.3. The van der Waals surface area contributed by atoms with Crippen molar-refractivity contribution in [2.75, 3.05) is 24.6 Å². The Hall–Kier alpha value is -1.49. The van der Waals surface area contributed by atoms with Crippen molar-refractivity contribution in [1.82, 2.24) is 5.32 Å². The Morgan fingerprint density at radius 3 is 3.07 bits per heavy atom. The highest BCUT2D eigenvalue weighted by Crippen LogP contribution is 2.28. The van der Waals surface area contributed by atoms with E-state index in [0.717, 1.165) is 5.00 Å². The molecule has 1 heterocycles. The maximum Gasteiger partial charge on any atom is 0.263 e. The zero-order valence-corrected chi connectivity index (χ0v) is 8.78. The summed E-state index contributed by atoms with van der Waals surface area (Å²) in [5, 5.41) is 6.49. The Labute approximate surface area is 86.8 Å². The molecule has 14 heavy (non-hydrogen) atoms. The zero-order chi connectivity index (χ0) is 10.6. The van der Waals surface area contributed by atoms with Crippen molar-refractivity contribution in [3.8, 4) is 0 Å². The number of carbonyl (C=O) groups excluding carboxylic acids is 1. The number of hydrogen-bond acceptors (Lipinski definition) is 4. The van der Waals surface area contributed by atoms with E-state index in [4.69, 9.17) is 5.73 Å². The first-order valence-electron chi connectivity index (χ1n) is 4.15. The highest BCUT2D eigenvalue weighted by atomic mass is 32.1. The minimum absolute atomic E-state index is 0.154. The van der Waals surface area contributed by atoms with Gasteiger partial charge in [0, 0.05) is 13.6 Å². The fraction of sp³-hybridized carbons (Fsp3) is 0.222. The molecule has 0 saturated heterocycles. The molecule has 0 aliphatic rings. The van der Waals surface area contributed by atoms with Gasteiger partial charge in [0.1, 0.15) is 4.88 Å². The number of nitrogen functional groups attached to an aromatic ring is 1. The van der Waals surface area contributed by atoms with Gasteiger partial charge in [0.05, 0.1) is 10.7 Å². The van der Waals surface area contributed by atoms with Gasteiger partial charge in [0.2, 0.25) is 0 Å². The third-order valence-electron chi connectivity index (χ3n) is 1.61. The number of hydrogen-bond donors (Lipinski definition) is 3. The first-order chi connectivity index (χ1) is 6.69. The zero-order valence-electron chi connectivity index (χ0n) is 7.96. The SMILES string of the molecule is C=CCNc1cc(N)c(C(=O)NC)s1. The summed E-state index contributed by atoms with van der Waals surface area (Å²) >= 11 is 1.34. The normalized spacial score (nSPS) is 9.50. The second-order valence-corrected chi connectivity index (χ2v) is 3.70. The van der Waals surface area contributed by atoms with E-state index in [1.165, 1.54) is 11.3 Å². The number of anilines is 2. The standard InChI is InChI=1S/C9H13N3OS/c1-3-4-12-7-5-6(10)8(14-7)9(13)11-2/h3,5,12H,1,4,10H2,2H3,(H,11,13). The van der Waals surface area contributed by atoms with Gasteiger partial charge < -0.3 is 16.4 Å². The van der Waals surface area contributed by atoms with Crippen LogP contribution in [0.4, 0.5) is 10.7 Å². The molecule has 1 aromatic rings. The van der Waals surface area contributed by atoms with Crippen LogP contribution >= 0.6 is 11.3 Å². The molecule has 0 spiro atoms. The van der Waals surface area contributed by atoms with Crippen molar-refractivity contribution in [2.24, 2.45) is 0 Å². The molecule has 0 bridgehead atoms. The molecule has 1 amide bonds. The Morgan fingerprint density at radius 1 is 1.79 bits per heavy atom. The van der Waals surface area contributed by atoms with E-state index in [9.17, 15) is 4.79 Å². The lowest BCUT2D eigenvalue weighted by atomic mass is 10.4. The van der Waals surface area contributed by atoms with Gasteiger partial charge in [-0.1, -0.05) is 6.08 Å². The minimum Gasteiger partial charge on any atom is -0.397 e. The van der Waals surface area contributed by atoms with Crippen LogP contribution in [0.3, 0.4) is 0 Å². The first-order valence-corrected chi connectivity index (χ1v) is 4.96. The number of amides is 1. The second-order valence-electron chi connectivity index (χ2n) is 2.64. The Kier molecular flexibility index (Phi) is 3.53.